The van der Waals surface area contributed by atoms with Crippen molar-refractivity contribution < 1.29 is 26.4 Å². The molecular weight excluding hydrogens is 405 g/mol. The van der Waals surface area contributed by atoms with Gasteiger partial charge in [0.15, 0.2) is 0 Å². The van der Waals surface area contributed by atoms with Crippen molar-refractivity contribution >= 4 is 15.9 Å². The summed E-state index contributed by atoms with van der Waals surface area (Å²) in [5, 5.41) is 0. The molecule has 1 amide bonds. The predicted octanol–water partition coefficient (Wildman–Crippen LogP) is 3.36. The van der Waals surface area contributed by atoms with Crippen LogP contribution in [0.5, 0.6) is 0 Å². The van der Waals surface area contributed by atoms with Gasteiger partial charge in [0.1, 0.15) is 5.82 Å². The Morgan fingerprint density at radius 3 is 2.21 bits per heavy atom. The molecule has 156 valence electrons. The van der Waals surface area contributed by atoms with Gasteiger partial charge in [0.2, 0.25) is 10.0 Å². The van der Waals surface area contributed by atoms with E-state index in [0.717, 1.165) is 0 Å². The Balaban J connectivity index is 1.61. The second-order valence-electron chi connectivity index (χ2n) is 6.95. The molecule has 0 atom stereocenters. The third kappa shape index (κ3) is 4.97. The summed E-state index contributed by atoms with van der Waals surface area (Å²) in [5.74, 6) is -1.10. The first kappa shape index (κ1) is 21.3. The molecule has 0 unspecified atom stereocenters. The van der Waals surface area contributed by atoms with E-state index in [1.165, 1.54) is 45.6 Å². The van der Waals surface area contributed by atoms with Crippen LogP contribution in [-0.4, -0.2) is 49.7 Å². The number of aryl methyl sites for hydroxylation is 1. The standard InChI is InChI=1S/C20H21F3N2O3S/c1-14-2-5-17(12-18(14)21)20(26)24-8-10-25(11-9-24)29(27,28)13-15-3-6-16(7-4-15)19(22)23/h2-7,12,19H,8-11,13H2,1H3. The Labute approximate surface area is 167 Å². The van der Waals surface area contributed by atoms with Crippen LogP contribution in [0.1, 0.15) is 33.5 Å². The summed E-state index contributed by atoms with van der Waals surface area (Å²) in [6.07, 6.45) is -2.60. The molecule has 0 aromatic heterocycles. The molecule has 2 aromatic rings. The molecule has 2 aromatic carbocycles. The van der Waals surface area contributed by atoms with Crippen molar-refractivity contribution in [3.63, 3.8) is 0 Å². The van der Waals surface area contributed by atoms with Crippen LogP contribution in [0.2, 0.25) is 0 Å². The van der Waals surface area contributed by atoms with Crippen LogP contribution >= 0.6 is 0 Å². The molecule has 0 bridgehead atoms. The van der Waals surface area contributed by atoms with E-state index in [9.17, 15) is 26.4 Å². The first-order valence-corrected chi connectivity index (χ1v) is 10.7. The zero-order chi connectivity index (χ0) is 21.2. The Morgan fingerprint density at radius 1 is 1.03 bits per heavy atom. The highest BCUT2D eigenvalue weighted by molar-refractivity contribution is 7.88. The van der Waals surface area contributed by atoms with E-state index in [0.29, 0.717) is 11.1 Å². The van der Waals surface area contributed by atoms with Gasteiger partial charge in [-0.2, -0.15) is 4.31 Å². The molecule has 1 saturated heterocycles. The third-order valence-corrected chi connectivity index (χ3v) is 6.77. The average Bonchev–Trinajstić information content (AvgIpc) is 2.70. The van der Waals surface area contributed by atoms with Crippen LogP contribution in [0.4, 0.5) is 13.2 Å². The average molecular weight is 426 g/mol. The second kappa shape index (κ2) is 8.54. The molecule has 0 N–H and O–H groups in total. The minimum absolute atomic E-state index is 0.123. The molecule has 29 heavy (non-hydrogen) atoms. The Morgan fingerprint density at radius 2 is 1.66 bits per heavy atom. The number of rotatable bonds is 5. The van der Waals surface area contributed by atoms with E-state index in [1.807, 2.05) is 0 Å². The monoisotopic (exact) mass is 426 g/mol. The van der Waals surface area contributed by atoms with Crippen molar-refractivity contribution in [2.24, 2.45) is 0 Å². The zero-order valence-electron chi connectivity index (χ0n) is 15.8. The van der Waals surface area contributed by atoms with Crippen molar-refractivity contribution in [3.05, 3.63) is 70.5 Å². The van der Waals surface area contributed by atoms with Crippen molar-refractivity contribution in [1.29, 1.82) is 0 Å². The van der Waals surface area contributed by atoms with Gasteiger partial charge in [-0.1, -0.05) is 30.3 Å². The largest absolute Gasteiger partial charge is 0.336 e. The van der Waals surface area contributed by atoms with Gasteiger partial charge < -0.3 is 4.90 Å². The van der Waals surface area contributed by atoms with Crippen molar-refractivity contribution in [2.45, 2.75) is 19.1 Å². The first-order chi connectivity index (χ1) is 13.7. The predicted molar refractivity (Wildman–Crippen MR) is 103 cm³/mol. The lowest BCUT2D eigenvalue weighted by Crippen LogP contribution is -2.50. The minimum atomic E-state index is -3.65. The summed E-state index contributed by atoms with van der Waals surface area (Å²) in [6, 6.07) is 9.45. The molecular formula is C20H21F3N2O3S. The van der Waals surface area contributed by atoms with Crippen molar-refractivity contribution in [3.8, 4) is 0 Å². The van der Waals surface area contributed by atoms with Crippen LogP contribution in [-0.2, 0) is 15.8 Å². The number of hydrogen-bond acceptors (Lipinski definition) is 3. The Hall–Kier alpha value is -2.39. The molecule has 0 aliphatic carbocycles. The number of sulfonamides is 1. The number of piperazine rings is 1. The van der Waals surface area contributed by atoms with Crippen LogP contribution in [0.3, 0.4) is 0 Å². The normalized spacial score (nSPS) is 15.7. The lowest BCUT2D eigenvalue weighted by atomic mass is 10.1. The maximum atomic E-state index is 13.7. The molecule has 0 saturated carbocycles. The number of halogens is 3. The highest BCUT2D eigenvalue weighted by Gasteiger charge is 2.29. The molecule has 1 aliphatic rings. The fourth-order valence-electron chi connectivity index (χ4n) is 3.14. The summed E-state index contributed by atoms with van der Waals surface area (Å²) in [4.78, 5) is 14.0. The van der Waals surface area contributed by atoms with Crippen molar-refractivity contribution in [2.75, 3.05) is 26.2 Å². The lowest BCUT2D eigenvalue weighted by Gasteiger charge is -2.34. The van der Waals surface area contributed by atoms with Crippen LogP contribution in [0, 0.1) is 12.7 Å². The highest BCUT2D eigenvalue weighted by Crippen LogP contribution is 2.21. The van der Waals surface area contributed by atoms with Crippen LogP contribution in [0.15, 0.2) is 42.5 Å². The van der Waals surface area contributed by atoms with Gasteiger partial charge in [0.25, 0.3) is 12.3 Å². The quantitative estimate of drug-likeness (QED) is 0.737. The molecule has 1 fully saturated rings. The highest BCUT2D eigenvalue weighted by atomic mass is 32.2. The number of carbonyl (C=O) groups excluding carboxylic acids is 1. The fourth-order valence-corrected chi connectivity index (χ4v) is 4.65. The van der Waals surface area contributed by atoms with Gasteiger partial charge in [0, 0.05) is 37.3 Å². The first-order valence-electron chi connectivity index (χ1n) is 9.07. The number of hydrogen-bond donors (Lipinski definition) is 0. The van der Waals surface area contributed by atoms with Gasteiger partial charge in [-0.15, -0.1) is 0 Å². The van der Waals surface area contributed by atoms with E-state index < -0.39 is 22.3 Å². The number of carbonyl (C=O) groups is 1. The van der Waals surface area contributed by atoms with Crippen LogP contribution < -0.4 is 0 Å². The summed E-state index contributed by atoms with van der Waals surface area (Å²) >= 11 is 0. The molecule has 5 nitrogen and oxygen atoms in total. The molecule has 0 radical (unpaired) electrons. The van der Waals surface area contributed by atoms with Gasteiger partial charge >= 0.3 is 0 Å². The van der Waals surface area contributed by atoms with E-state index in [-0.39, 0.29) is 49.0 Å². The zero-order valence-corrected chi connectivity index (χ0v) is 16.6. The van der Waals surface area contributed by atoms with Gasteiger partial charge in [-0.25, -0.2) is 21.6 Å². The van der Waals surface area contributed by atoms with Crippen LogP contribution in [0.25, 0.3) is 0 Å². The number of amides is 1. The van der Waals surface area contributed by atoms with Crippen molar-refractivity contribution in [1.82, 2.24) is 9.21 Å². The summed E-state index contributed by atoms with van der Waals surface area (Å²) in [6.45, 7) is 2.24. The molecule has 1 aliphatic heterocycles. The van der Waals surface area contributed by atoms with Gasteiger partial charge in [-0.05, 0) is 30.2 Å². The van der Waals surface area contributed by atoms with E-state index in [4.69, 9.17) is 0 Å². The fraction of sp³-hybridized carbons (Fsp3) is 0.350. The van der Waals surface area contributed by atoms with Gasteiger partial charge in [-0.3, -0.25) is 4.79 Å². The maximum absolute atomic E-state index is 13.7. The van der Waals surface area contributed by atoms with Gasteiger partial charge in [0.05, 0.1) is 5.75 Å². The number of nitrogens with zero attached hydrogens (tertiary/aromatic N) is 2. The summed E-state index contributed by atoms with van der Waals surface area (Å²) in [7, 11) is -3.65. The SMILES string of the molecule is Cc1ccc(C(=O)N2CCN(S(=O)(=O)Cc3ccc(C(F)F)cc3)CC2)cc1F. The smallest absolute Gasteiger partial charge is 0.263 e. The minimum Gasteiger partial charge on any atom is -0.336 e. The number of benzene rings is 2. The Kier molecular flexibility index (Phi) is 6.28. The number of alkyl halides is 2. The summed E-state index contributed by atoms with van der Waals surface area (Å²) in [5.41, 5.74) is 0.927. The maximum Gasteiger partial charge on any atom is 0.263 e. The third-order valence-electron chi connectivity index (χ3n) is 4.92. The molecule has 9 heteroatoms. The molecule has 1 heterocycles. The van der Waals surface area contributed by atoms with E-state index >= 15 is 0 Å². The molecule has 0 spiro atoms. The van der Waals surface area contributed by atoms with E-state index in [1.54, 1.807) is 13.0 Å². The topological polar surface area (TPSA) is 57.7 Å². The Bertz CT molecular complexity index is 987. The second-order valence-corrected chi connectivity index (χ2v) is 8.92. The van der Waals surface area contributed by atoms with E-state index in [2.05, 4.69) is 0 Å². The lowest BCUT2D eigenvalue weighted by molar-refractivity contribution is 0.0697. The molecule has 3 rings (SSSR count). The summed E-state index contributed by atoms with van der Waals surface area (Å²) < 4.78 is 65.5.